The standard InChI is InChI=1S/C18H18N4O3S3/c23-17(21-18-20-14(12-27-18)13-6-8-19-9-7-13)15-4-1-2-10-22(15)28(24,25)16-5-3-11-26-16/h3,5-9,11-12,15H,1-2,4,10H2,(H,20,21,23)/t15-/m0/s1. The normalized spacial score (nSPS) is 18.1. The highest BCUT2D eigenvalue weighted by Gasteiger charge is 2.38. The Kier molecular flexibility index (Phi) is 5.54. The van der Waals surface area contributed by atoms with Gasteiger partial charge in [0, 0.05) is 29.9 Å². The van der Waals surface area contributed by atoms with Crippen molar-refractivity contribution in [1.82, 2.24) is 14.3 Å². The molecular formula is C18H18N4O3S3. The molecule has 0 saturated carbocycles. The fourth-order valence-electron chi connectivity index (χ4n) is 3.16. The van der Waals surface area contributed by atoms with Gasteiger partial charge in [0.05, 0.1) is 5.69 Å². The molecule has 1 fully saturated rings. The van der Waals surface area contributed by atoms with Crippen LogP contribution in [0.25, 0.3) is 11.3 Å². The summed E-state index contributed by atoms with van der Waals surface area (Å²) in [4.78, 5) is 21.3. The monoisotopic (exact) mass is 434 g/mol. The van der Waals surface area contributed by atoms with Gasteiger partial charge < -0.3 is 5.32 Å². The van der Waals surface area contributed by atoms with Gasteiger partial charge in [-0.25, -0.2) is 13.4 Å². The summed E-state index contributed by atoms with van der Waals surface area (Å²) in [6.07, 6.45) is 5.43. The summed E-state index contributed by atoms with van der Waals surface area (Å²) >= 11 is 2.48. The van der Waals surface area contributed by atoms with Crippen molar-refractivity contribution in [2.24, 2.45) is 0 Å². The summed E-state index contributed by atoms with van der Waals surface area (Å²) in [6, 6.07) is 6.24. The van der Waals surface area contributed by atoms with Crippen molar-refractivity contribution < 1.29 is 13.2 Å². The van der Waals surface area contributed by atoms with E-state index in [1.165, 1.54) is 27.0 Å². The number of rotatable bonds is 5. The van der Waals surface area contributed by atoms with Crippen LogP contribution in [0.1, 0.15) is 19.3 Å². The van der Waals surface area contributed by atoms with Gasteiger partial charge in [-0.15, -0.1) is 22.7 Å². The maximum atomic E-state index is 12.9. The summed E-state index contributed by atoms with van der Waals surface area (Å²) < 4.78 is 27.5. The minimum absolute atomic E-state index is 0.265. The maximum Gasteiger partial charge on any atom is 0.253 e. The molecule has 1 atom stereocenters. The first kappa shape index (κ1) is 19.2. The van der Waals surface area contributed by atoms with E-state index in [2.05, 4.69) is 15.3 Å². The second kappa shape index (κ2) is 8.08. The van der Waals surface area contributed by atoms with Gasteiger partial charge in [-0.3, -0.25) is 9.78 Å². The number of nitrogens with zero attached hydrogens (tertiary/aromatic N) is 3. The lowest BCUT2D eigenvalue weighted by Gasteiger charge is -2.32. The van der Waals surface area contributed by atoms with Crippen molar-refractivity contribution in [2.75, 3.05) is 11.9 Å². The van der Waals surface area contributed by atoms with Gasteiger partial charge in [-0.05, 0) is 36.4 Å². The van der Waals surface area contributed by atoms with E-state index in [0.29, 0.717) is 18.1 Å². The number of thiophene rings is 1. The molecular weight excluding hydrogens is 416 g/mol. The summed E-state index contributed by atoms with van der Waals surface area (Å²) in [5.74, 6) is -0.338. The number of nitrogens with one attached hydrogen (secondary N) is 1. The predicted molar refractivity (Wildman–Crippen MR) is 110 cm³/mol. The zero-order valence-electron chi connectivity index (χ0n) is 14.8. The predicted octanol–water partition coefficient (Wildman–Crippen LogP) is 3.45. The van der Waals surface area contributed by atoms with Crippen molar-refractivity contribution in [3.05, 3.63) is 47.4 Å². The van der Waals surface area contributed by atoms with Gasteiger partial charge in [0.2, 0.25) is 5.91 Å². The topological polar surface area (TPSA) is 92.3 Å². The van der Waals surface area contributed by atoms with Crippen molar-refractivity contribution >= 4 is 43.7 Å². The Labute approximate surface area is 171 Å². The largest absolute Gasteiger partial charge is 0.301 e. The number of carbonyl (C=O) groups is 1. The van der Waals surface area contributed by atoms with E-state index in [4.69, 9.17) is 0 Å². The molecule has 1 saturated heterocycles. The lowest BCUT2D eigenvalue weighted by Crippen LogP contribution is -2.49. The van der Waals surface area contributed by atoms with Crippen LogP contribution in [0.15, 0.2) is 51.6 Å². The van der Waals surface area contributed by atoms with E-state index in [1.807, 2.05) is 17.5 Å². The maximum absolute atomic E-state index is 12.9. The Morgan fingerprint density at radius 3 is 2.75 bits per heavy atom. The van der Waals surface area contributed by atoms with Crippen LogP contribution in [0, 0.1) is 0 Å². The van der Waals surface area contributed by atoms with Crippen molar-refractivity contribution in [3.8, 4) is 11.3 Å². The fraction of sp³-hybridized carbons (Fsp3) is 0.278. The van der Waals surface area contributed by atoms with Crippen LogP contribution in [0.2, 0.25) is 0 Å². The number of aromatic nitrogens is 2. The molecule has 3 aromatic rings. The zero-order valence-corrected chi connectivity index (χ0v) is 17.3. The molecule has 3 aromatic heterocycles. The Morgan fingerprint density at radius 1 is 1.18 bits per heavy atom. The number of anilines is 1. The molecule has 0 bridgehead atoms. The third-order valence-electron chi connectivity index (χ3n) is 4.52. The molecule has 10 heteroatoms. The van der Waals surface area contributed by atoms with E-state index in [9.17, 15) is 13.2 Å². The second-order valence-electron chi connectivity index (χ2n) is 6.32. The minimum Gasteiger partial charge on any atom is -0.301 e. The van der Waals surface area contributed by atoms with Gasteiger partial charge in [-0.2, -0.15) is 4.31 Å². The molecule has 146 valence electrons. The summed E-state index contributed by atoms with van der Waals surface area (Å²) in [5.41, 5.74) is 1.65. The van der Waals surface area contributed by atoms with Gasteiger partial charge in [-0.1, -0.05) is 12.5 Å². The Hall–Kier alpha value is -2.14. The van der Waals surface area contributed by atoms with Crippen molar-refractivity contribution in [3.63, 3.8) is 0 Å². The molecule has 0 aromatic carbocycles. The molecule has 4 heterocycles. The minimum atomic E-state index is -3.68. The Bertz CT molecular complexity index is 1050. The lowest BCUT2D eigenvalue weighted by atomic mass is 10.0. The summed E-state index contributed by atoms with van der Waals surface area (Å²) in [6.45, 7) is 0.346. The van der Waals surface area contributed by atoms with Gasteiger partial charge in [0.1, 0.15) is 10.3 Å². The van der Waals surface area contributed by atoms with Crippen molar-refractivity contribution in [2.45, 2.75) is 29.5 Å². The Morgan fingerprint density at radius 2 is 2.00 bits per heavy atom. The van der Waals surface area contributed by atoms with E-state index in [1.54, 1.807) is 29.9 Å². The highest BCUT2D eigenvalue weighted by atomic mass is 32.2. The molecule has 1 N–H and O–H groups in total. The number of pyridine rings is 1. The summed E-state index contributed by atoms with van der Waals surface area (Å²) in [7, 11) is -3.68. The molecule has 28 heavy (non-hydrogen) atoms. The number of hydrogen-bond acceptors (Lipinski definition) is 7. The zero-order chi connectivity index (χ0) is 19.6. The van der Waals surface area contributed by atoms with E-state index >= 15 is 0 Å². The average molecular weight is 435 g/mol. The fourth-order valence-corrected chi connectivity index (χ4v) is 6.65. The quantitative estimate of drug-likeness (QED) is 0.664. The number of carbonyl (C=O) groups excluding carboxylic acids is 1. The van der Waals surface area contributed by atoms with Crippen LogP contribution in [0.4, 0.5) is 5.13 Å². The molecule has 0 radical (unpaired) electrons. The van der Waals surface area contributed by atoms with Crippen LogP contribution in [-0.2, 0) is 14.8 Å². The number of thiazole rings is 1. The van der Waals surface area contributed by atoms with Crippen molar-refractivity contribution in [1.29, 1.82) is 0 Å². The highest BCUT2D eigenvalue weighted by Crippen LogP contribution is 2.29. The van der Waals surface area contributed by atoms with Crippen LogP contribution in [-0.4, -0.2) is 41.2 Å². The molecule has 7 nitrogen and oxygen atoms in total. The average Bonchev–Trinajstić information content (AvgIpc) is 3.41. The molecule has 0 spiro atoms. The molecule has 4 rings (SSSR count). The number of hydrogen-bond donors (Lipinski definition) is 1. The number of amides is 1. The first-order valence-corrected chi connectivity index (χ1v) is 12.0. The number of piperidine rings is 1. The van der Waals surface area contributed by atoms with E-state index in [0.717, 1.165) is 24.1 Å². The van der Waals surface area contributed by atoms with Gasteiger partial charge in [0.25, 0.3) is 10.0 Å². The molecule has 1 aliphatic rings. The molecule has 0 aliphatic carbocycles. The Balaban J connectivity index is 1.53. The van der Waals surface area contributed by atoms with Gasteiger partial charge in [0.15, 0.2) is 5.13 Å². The first-order chi connectivity index (χ1) is 13.6. The second-order valence-corrected chi connectivity index (χ2v) is 10.2. The first-order valence-electron chi connectivity index (χ1n) is 8.78. The molecule has 1 aliphatic heterocycles. The molecule has 1 amide bonds. The summed E-state index contributed by atoms with van der Waals surface area (Å²) in [5, 5.41) is 6.83. The van der Waals surface area contributed by atoms with E-state index in [-0.39, 0.29) is 10.1 Å². The SMILES string of the molecule is O=C(Nc1nc(-c2ccncc2)cs1)[C@@H]1CCCCN1S(=O)(=O)c1cccs1. The van der Waals surface area contributed by atoms with E-state index < -0.39 is 16.1 Å². The highest BCUT2D eigenvalue weighted by molar-refractivity contribution is 7.91. The third-order valence-corrected chi connectivity index (χ3v) is 8.56. The smallest absolute Gasteiger partial charge is 0.253 e. The lowest BCUT2D eigenvalue weighted by molar-refractivity contribution is -0.120. The van der Waals surface area contributed by atoms with Gasteiger partial charge >= 0.3 is 0 Å². The molecule has 0 unspecified atom stereocenters. The third kappa shape index (κ3) is 3.86. The van der Waals surface area contributed by atoms with Crippen LogP contribution >= 0.6 is 22.7 Å². The van der Waals surface area contributed by atoms with Crippen LogP contribution in [0.3, 0.4) is 0 Å². The van der Waals surface area contributed by atoms with Crippen LogP contribution in [0.5, 0.6) is 0 Å². The van der Waals surface area contributed by atoms with Crippen LogP contribution < -0.4 is 5.32 Å². The number of sulfonamides is 1.